The van der Waals surface area contributed by atoms with Crippen molar-refractivity contribution >= 4 is 12.0 Å². The largest absolute Gasteiger partial charge is 0.368 e. The number of hydrogen-bond acceptors (Lipinski definition) is 3. The van der Waals surface area contributed by atoms with Crippen molar-refractivity contribution in [3.05, 3.63) is 84.1 Å². The Kier molecular flexibility index (Phi) is 11.8. The zero-order chi connectivity index (χ0) is 27.3. The van der Waals surface area contributed by atoms with E-state index in [2.05, 4.69) is 59.4 Å². The number of unbranched alkanes of at least 4 members (excludes halogenated alkanes) is 3. The molecule has 2 aromatic heterocycles. The first kappa shape index (κ1) is 29.3. The van der Waals surface area contributed by atoms with Gasteiger partial charge in [-0.1, -0.05) is 88.3 Å². The lowest BCUT2D eigenvalue weighted by molar-refractivity contribution is 0.258. The van der Waals surface area contributed by atoms with Crippen molar-refractivity contribution in [3.63, 3.8) is 0 Å². The number of rotatable bonds is 10. The van der Waals surface area contributed by atoms with Crippen LogP contribution in [0.3, 0.4) is 0 Å². The number of anilines is 1. The van der Waals surface area contributed by atoms with E-state index in [4.69, 9.17) is 5.73 Å². The Hall–Kier alpha value is -3.21. The monoisotopic (exact) mass is 518 g/mol. The summed E-state index contributed by atoms with van der Waals surface area (Å²) >= 11 is 0. The molecule has 2 N–H and O–H groups in total. The Bertz CT molecular complexity index is 1140. The fourth-order valence-corrected chi connectivity index (χ4v) is 5.23. The lowest BCUT2D eigenvalue weighted by Gasteiger charge is -2.28. The van der Waals surface area contributed by atoms with Crippen LogP contribution in [0, 0.1) is 24.6 Å². The highest BCUT2D eigenvalue weighted by Gasteiger charge is 2.21. The minimum absolute atomic E-state index is 0. The number of aromatic nitrogens is 3. The van der Waals surface area contributed by atoms with Crippen LogP contribution in [0.5, 0.6) is 0 Å². The summed E-state index contributed by atoms with van der Waals surface area (Å²) < 4.78 is 14.5. The predicted octanol–water partition coefficient (Wildman–Crippen LogP) is 9.18. The molecule has 206 valence electrons. The van der Waals surface area contributed by atoms with Crippen LogP contribution in [0.25, 0.3) is 17.3 Å². The zero-order valence-electron chi connectivity index (χ0n) is 23.5. The van der Waals surface area contributed by atoms with Gasteiger partial charge in [0.05, 0.1) is 5.69 Å². The molecule has 0 bridgehead atoms. The van der Waals surface area contributed by atoms with Gasteiger partial charge < -0.3 is 10.3 Å². The topological polar surface area (TPSA) is 56.7 Å². The molecule has 1 aliphatic carbocycles. The summed E-state index contributed by atoms with van der Waals surface area (Å²) in [4.78, 5) is 8.19. The van der Waals surface area contributed by atoms with Gasteiger partial charge in [0.1, 0.15) is 5.82 Å². The molecule has 0 atom stereocenters. The summed E-state index contributed by atoms with van der Waals surface area (Å²) in [6.45, 7) is 8.36. The molecule has 1 aromatic carbocycles. The molecule has 0 aliphatic heterocycles. The minimum Gasteiger partial charge on any atom is -0.368 e. The van der Waals surface area contributed by atoms with E-state index in [0.29, 0.717) is 11.5 Å². The van der Waals surface area contributed by atoms with Gasteiger partial charge in [-0.2, -0.15) is 0 Å². The summed E-state index contributed by atoms with van der Waals surface area (Å²) in [6, 6.07) is 10.9. The molecular weight excluding hydrogens is 471 g/mol. The molecule has 4 rings (SSSR count). The second kappa shape index (κ2) is 15.3. The van der Waals surface area contributed by atoms with E-state index in [-0.39, 0.29) is 7.24 Å². The summed E-state index contributed by atoms with van der Waals surface area (Å²) in [5.41, 5.74) is 10.7. The molecule has 1 saturated carbocycles. The van der Waals surface area contributed by atoms with Crippen LogP contribution in [0.1, 0.15) is 83.8 Å². The summed E-state index contributed by atoms with van der Waals surface area (Å²) in [5.74, 6) is 1.95. The third-order valence-corrected chi connectivity index (χ3v) is 7.68. The van der Waals surface area contributed by atoms with Gasteiger partial charge in [-0.3, -0.25) is 0 Å². The molecule has 0 amide bonds. The highest BCUT2D eigenvalue weighted by molar-refractivity contribution is 5.63. The van der Waals surface area contributed by atoms with Crippen LogP contribution in [0.4, 0.5) is 10.3 Å². The molecule has 0 spiro atoms. The highest BCUT2D eigenvalue weighted by Crippen LogP contribution is 2.35. The molecule has 38 heavy (non-hydrogen) atoms. The van der Waals surface area contributed by atoms with Gasteiger partial charge in [-0.05, 0) is 67.9 Å². The highest BCUT2D eigenvalue weighted by atomic mass is 19.1. The maximum absolute atomic E-state index is 12.3. The molecule has 0 saturated heterocycles. The third-order valence-electron chi connectivity index (χ3n) is 7.68. The Balaban J connectivity index is 0.000000508. The molecule has 3 aromatic rings. The molecule has 4 nitrogen and oxygen atoms in total. The lowest BCUT2D eigenvalue weighted by Crippen LogP contribution is -2.14. The van der Waals surface area contributed by atoms with E-state index in [1.165, 1.54) is 69.4 Å². The van der Waals surface area contributed by atoms with Crippen molar-refractivity contribution in [1.82, 2.24) is 14.5 Å². The van der Waals surface area contributed by atoms with Crippen LogP contribution in [-0.2, 0) is 7.05 Å². The van der Waals surface area contributed by atoms with Gasteiger partial charge in [0.25, 0.3) is 0 Å². The lowest BCUT2D eigenvalue weighted by atomic mass is 9.77. The van der Waals surface area contributed by atoms with Gasteiger partial charge in [-0.15, -0.1) is 0 Å². The van der Waals surface area contributed by atoms with E-state index < -0.39 is 0 Å². The number of aryl methyl sites for hydroxylation is 1. The number of nitrogens with two attached hydrogens (primary N) is 1. The summed E-state index contributed by atoms with van der Waals surface area (Å²) in [7, 11) is 2.07. The fraction of sp³-hybridized carbons (Fsp3) is 0.455. The Morgan fingerprint density at radius 3 is 2.37 bits per heavy atom. The average Bonchev–Trinajstić information content (AvgIpc) is 3.29. The smallest absolute Gasteiger partial charge is 0.219 e. The number of benzene rings is 1. The molecular formula is C33H47FN4. The van der Waals surface area contributed by atoms with Crippen LogP contribution < -0.4 is 5.73 Å². The van der Waals surface area contributed by atoms with Crippen LogP contribution in [-0.4, -0.2) is 14.5 Å². The first-order valence-electron chi connectivity index (χ1n) is 14.2. The van der Waals surface area contributed by atoms with Crippen molar-refractivity contribution in [1.29, 1.82) is 0 Å². The summed E-state index contributed by atoms with van der Waals surface area (Å²) in [6.07, 6.45) is 21.6. The quantitative estimate of drug-likeness (QED) is 0.215. The van der Waals surface area contributed by atoms with Crippen molar-refractivity contribution in [2.24, 2.45) is 18.9 Å². The second-order valence-electron chi connectivity index (χ2n) is 10.7. The van der Waals surface area contributed by atoms with Crippen molar-refractivity contribution in [3.8, 4) is 11.3 Å². The third kappa shape index (κ3) is 9.27. The number of nitrogen functional groups attached to an aromatic ring is 1. The van der Waals surface area contributed by atoms with Gasteiger partial charge in [0.2, 0.25) is 5.95 Å². The Morgan fingerprint density at radius 2 is 1.74 bits per heavy atom. The van der Waals surface area contributed by atoms with Crippen molar-refractivity contribution in [2.75, 3.05) is 5.73 Å². The predicted molar refractivity (Wildman–Crippen MR) is 161 cm³/mol. The molecule has 0 unspecified atom stereocenters. The van der Waals surface area contributed by atoms with Crippen LogP contribution >= 0.6 is 0 Å². The van der Waals surface area contributed by atoms with E-state index >= 15 is 0 Å². The van der Waals surface area contributed by atoms with E-state index in [0.717, 1.165) is 35.2 Å². The number of nitrogens with zero attached hydrogens (tertiary/aromatic N) is 3. The normalized spacial score (nSPS) is 17.3. The molecule has 1 fully saturated rings. The first-order chi connectivity index (χ1) is 18.4. The zero-order valence-corrected chi connectivity index (χ0v) is 23.5. The van der Waals surface area contributed by atoms with Crippen LogP contribution in [0.15, 0.2) is 67.0 Å². The van der Waals surface area contributed by atoms with E-state index in [1.807, 2.05) is 6.07 Å². The fourth-order valence-electron chi connectivity index (χ4n) is 5.23. The molecule has 2 heterocycles. The van der Waals surface area contributed by atoms with E-state index in [9.17, 15) is 4.39 Å². The van der Waals surface area contributed by atoms with Crippen LogP contribution in [0.2, 0.25) is 0 Å². The summed E-state index contributed by atoms with van der Waals surface area (Å²) in [5, 5.41) is 0. The van der Waals surface area contributed by atoms with Gasteiger partial charge >= 0.3 is 0 Å². The maximum Gasteiger partial charge on any atom is 0.219 e. The van der Waals surface area contributed by atoms with Gasteiger partial charge in [0, 0.05) is 32.1 Å². The second-order valence-corrected chi connectivity index (χ2v) is 10.7. The van der Waals surface area contributed by atoms with Crippen molar-refractivity contribution in [2.45, 2.75) is 78.1 Å². The average molecular weight is 519 g/mol. The minimum atomic E-state index is -0.132. The number of allylic oxidation sites excluding steroid dienone is 2. The molecule has 0 radical (unpaired) electrons. The molecule has 5 heteroatoms. The SMILES string of the molecule is C=C(/C=C\c1ccc(-c2cnc(N)nc2)n1C)CC1CCC(CCCCCC)CC1.Cc1ccccc1F.[HH]. The Morgan fingerprint density at radius 1 is 1.05 bits per heavy atom. The standard InChI is InChI=1S/C26H38N4.C7H7F.H2/c1-4-5-6-7-8-21-10-12-22(13-11-21)17-20(2)9-14-24-15-16-25(30(24)3)23-18-28-26(27)29-19-23;1-6-4-2-3-5-7(6)8;/h9,14-16,18-19,21-22H,2,4-8,10-13,17H2,1,3H3,(H2,27,28,29);2-5H,1H3;1H/b14-9-;;. The number of halogens is 1. The molecule has 1 aliphatic rings. The number of hydrogen-bond donors (Lipinski definition) is 1. The Labute approximate surface area is 230 Å². The maximum atomic E-state index is 12.3. The van der Waals surface area contributed by atoms with Crippen molar-refractivity contribution < 1.29 is 5.82 Å². The van der Waals surface area contributed by atoms with E-state index in [1.54, 1.807) is 31.5 Å². The first-order valence-corrected chi connectivity index (χ1v) is 14.2. The van der Waals surface area contributed by atoms with Gasteiger partial charge in [0.15, 0.2) is 0 Å². The van der Waals surface area contributed by atoms with Gasteiger partial charge in [-0.25, -0.2) is 14.4 Å².